The molecule has 1 aromatic rings. The summed E-state index contributed by atoms with van der Waals surface area (Å²) < 4.78 is 0. The topological polar surface area (TPSA) is 61.9 Å². The molecular weight excluding hydrogens is 288 g/mol. The number of amides is 1. The summed E-state index contributed by atoms with van der Waals surface area (Å²) in [7, 11) is 0. The van der Waals surface area contributed by atoms with Gasteiger partial charge in [-0.15, -0.1) is 0 Å². The van der Waals surface area contributed by atoms with Crippen LogP contribution in [0.5, 0.6) is 0 Å². The smallest absolute Gasteiger partial charge is 0.254 e. The number of hydrogen-bond donors (Lipinski definition) is 1. The van der Waals surface area contributed by atoms with Crippen LogP contribution in [0.1, 0.15) is 41.6 Å². The van der Waals surface area contributed by atoms with Crippen molar-refractivity contribution >= 4 is 11.9 Å². The van der Waals surface area contributed by atoms with Crippen molar-refractivity contribution in [1.29, 1.82) is 0 Å². The molecule has 2 heterocycles. The van der Waals surface area contributed by atoms with E-state index in [2.05, 4.69) is 9.89 Å². The lowest BCUT2D eigenvalue weighted by Gasteiger charge is -2.28. The maximum Gasteiger partial charge on any atom is 0.254 e. The molecular formula is C18H26N4O. The van der Waals surface area contributed by atoms with Crippen LogP contribution < -0.4 is 5.73 Å². The number of hydrogen-bond acceptors (Lipinski definition) is 2. The second-order valence-corrected chi connectivity index (χ2v) is 6.34. The van der Waals surface area contributed by atoms with Gasteiger partial charge in [-0.3, -0.25) is 9.79 Å². The van der Waals surface area contributed by atoms with Gasteiger partial charge in [-0.05, 0) is 30.9 Å². The number of aliphatic imine (C=N–C) groups is 1. The standard InChI is InChI=1S/C18H26N4O/c19-18(22-11-5-1-2-6-12-22)20-10-14-21-13-9-15-7-3-4-8-16(15)17(21)23/h3-4,7-8H,1-2,5-6,9-14H2,(H2,19,20). The van der Waals surface area contributed by atoms with E-state index in [9.17, 15) is 4.79 Å². The second-order valence-electron chi connectivity index (χ2n) is 6.34. The zero-order valence-corrected chi connectivity index (χ0v) is 13.7. The highest BCUT2D eigenvalue weighted by Crippen LogP contribution is 2.18. The number of carbonyl (C=O) groups excluding carboxylic acids is 1. The Kier molecular flexibility index (Phi) is 5.16. The number of nitrogens with zero attached hydrogens (tertiary/aromatic N) is 3. The predicted molar refractivity (Wildman–Crippen MR) is 92.6 cm³/mol. The van der Waals surface area contributed by atoms with Crippen LogP contribution in [0.4, 0.5) is 0 Å². The van der Waals surface area contributed by atoms with Crippen molar-refractivity contribution in [2.75, 3.05) is 32.7 Å². The first-order chi connectivity index (χ1) is 11.3. The quantitative estimate of drug-likeness (QED) is 0.684. The van der Waals surface area contributed by atoms with Crippen LogP contribution in [0, 0.1) is 0 Å². The second kappa shape index (κ2) is 7.49. The average Bonchev–Trinajstić information content (AvgIpc) is 2.86. The Hall–Kier alpha value is -2.04. The lowest BCUT2D eigenvalue weighted by molar-refractivity contribution is 0.0745. The number of carbonyl (C=O) groups is 1. The summed E-state index contributed by atoms with van der Waals surface area (Å²) in [5.41, 5.74) is 8.11. The molecule has 1 aromatic carbocycles. The van der Waals surface area contributed by atoms with E-state index in [1.165, 1.54) is 25.7 Å². The molecule has 0 atom stereocenters. The van der Waals surface area contributed by atoms with Gasteiger partial charge in [0.25, 0.3) is 5.91 Å². The van der Waals surface area contributed by atoms with Crippen LogP contribution in [0.3, 0.4) is 0 Å². The molecule has 1 fully saturated rings. The van der Waals surface area contributed by atoms with Crippen LogP contribution in [0.15, 0.2) is 29.3 Å². The first kappa shape index (κ1) is 15.8. The summed E-state index contributed by atoms with van der Waals surface area (Å²) in [4.78, 5) is 21.0. The number of nitrogens with two attached hydrogens (primary N) is 1. The number of guanidine groups is 1. The maximum absolute atomic E-state index is 12.5. The summed E-state index contributed by atoms with van der Waals surface area (Å²) in [6.45, 7) is 4.00. The summed E-state index contributed by atoms with van der Waals surface area (Å²) in [6, 6.07) is 7.88. The van der Waals surface area contributed by atoms with Gasteiger partial charge in [-0.1, -0.05) is 31.0 Å². The normalized spacial score (nSPS) is 19.5. The van der Waals surface area contributed by atoms with E-state index in [0.29, 0.717) is 19.0 Å². The fraction of sp³-hybridized carbons (Fsp3) is 0.556. The minimum absolute atomic E-state index is 0.121. The summed E-state index contributed by atoms with van der Waals surface area (Å²) in [5.74, 6) is 0.757. The third-order valence-corrected chi connectivity index (χ3v) is 4.76. The van der Waals surface area contributed by atoms with Gasteiger partial charge >= 0.3 is 0 Å². The molecule has 0 aromatic heterocycles. The third kappa shape index (κ3) is 3.84. The van der Waals surface area contributed by atoms with E-state index in [1.54, 1.807) is 0 Å². The first-order valence-corrected chi connectivity index (χ1v) is 8.68. The highest BCUT2D eigenvalue weighted by molar-refractivity contribution is 5.96. The largest absolute Gasteiger partial charge is 0.370 e. The number of likely N-dealkylation sites (tertiary alicyclic amines) is 1. The highest BCUT2D eigenvalue weighted by Gasteiger charge is 2.23. The predicted octanol–water partition coefficient (Wildman–Crippen LogP) is 1.88. The van der Waals surface area contributed by atoms with Crippen molar-refractivity contribution in [3.05, 3.63) is 35.4 Å². The van der Waals surface area contributed by atoms with E-state index >= 15 is 0 Å². The first-order valence-electron chi connectivity index (χ1n) is 8.68. The minimum Gasteiger partial charge on any atom is -0.370 e. The molecule has 0 unspecified atom stereocenters. The van der Waals surface area contributed by atoms with Crippen molar-refractivity contribution in [2.24, 2.45) is 10.7 Å². The van der Waals surface area contributed by atoms with E-state index in [1.807, 2.05) is 29.2 Å². The van der Waals surface area contributed by atoms with Crippen molar-refractivity contribution in [3.63, 3.8) is 0 Å². The third-order valence-electron chi connectivity index (χ3n) is 4.76. The van der Waals surface area contributed by atoms with E-state index in [-0.39, 0.29) is 5.91 Å². The van der Waals surface area contributed by atoms with Gasteiger partial charge in [0.1, 0.15) is 0 Å². The van der Waals surface area contributed by atoms with Crippen LogP contribution in [-0.4, -0.2) is 54.4 Å². The van der Waals surface area contributed by atoms with Gasteiger partial charge < -0.3 is 15.5 Å². The molecule has 0 radical (unpaired) electrons. The molecule has 124 valence electrons. The fourth-order valence-corrected chi connectivity index (χ4v) is 3.37. The highest BCUT2D eigenvalue weighted by atomic mass is 16.2. The number of fused-ring (bicyclic) bond motifs is 1. The SMILES string of the molecule is NC(=NCCN1CCc2ccccc2C1=O)N1CCCCCC1. The summed E-state index contributed by atoms with van der Waals surface area (Å²) >= 11 is 0. The summed E-state index contributed by atoms with van der Waals surface area (Å²) in [6.07, 6.45) is 5.87. The minimum atomic E-state index is 0.121. The molecule has 0 aliphatic carbocycles. The maximum atomic E-state index is 12.5. The van der Waals surface area contributed by atoms with Crippen molar-refractivity contribution in [2.45, 2.75) is 32.1 Å². The molecule has 2 N–H and O–H groups in total. The Bertz CT molecular complexity index is 576. The zero-order chi connectivity index (χ0) is 16.1. The zero-order valence-electron chi connectivity index (χ0n) is 13.7. The molecule has 2 aliphatic heterocycles. The number of benzene rings is 1. The molecule has 1 saturated heterocycles. The van der Waals surface area contributed by atoms with Crippen LogP contribution in [0.2, 0.25) is 0 Å². The molecule has 3 rings (SSSR count). The lowest BCUT2D eigenvalue weighted by atomic mass is 9.99. The Morgan fingerprint density at radius 2 is 1.83 bits per heavy atom. The van der Waals surface area contributed by atoms with Crippen molar-refractivity contribution in [1.82, 2.24) is 9.80 Å². The van der Waals surface area contributed by atoms with E-state index in [4.69, 9.17) is 5.73 Å². The van der Waals surface area contributed by atoms with Gasteiger partial charge in [-0.25, -0.2) is 0 Å². The van der Waals surface area contributed by atoms with Crippen LogP contribution in [-0.2, 0) is 6.42 Å². The Morgan fingerprint density at radius 1 is 1.09 bits per heavy atom. The Morgan fingerprint density at radius 3 is 2.61 bits per heavy atom. The molecule has 23 heavy (non-hydrogen) atoms. The van der Waals surface area contributed by atoms with Gasteiger partial charge in [0, 0.05) is 31.7 Å². The molecule has 2 aliphatic rings. The molecule has 0 bridgehead atoms. The van der Waals surface area contributed by atoms with Crippen molar-refractivity contribution in [3.8, 4) is 0 Å². The monoisotopic (exact) mass is 314 g/mol. The molecule has 1 amide bonds. The lowest BCUT2D eigenvalue weighted by Crippen LogP contribution is -2.41. The van der Waals surface area contributed by atoms with Crippen LogP contribution >= 0.6 is 0 Å². The van der Waals surface area contributed by atoms with Gasteiger partial charge in [0.05, 0.1) is 6.54 Å². The molecule has 0 spiro atoms. The van der Waals surface area contributed by atoms with E-state index < -0.39 is 0 Å². The summed E-state index contributed by atoms with van der Waals surface area (Å²) in [5, 5.41) is 0. The number of rotatable bonds is 3. The molecule has 5 heteroatoms. The molecule has 0 saturated carbocycles. The fourth-order valence-electron chi connectivity index (χ4n) is 3.37. The van der Waals surface area contributed by atoms with Gasteiger partial charge in [-0.2, -0.15) is 0 Å². The van der Waals surface area contributed by atoms with Crippen molar-refractivity contribution < 1.29 is 4.79 Å². The van der Waals surface area contributed by atoms with Gasteiger partial charge in [0.2, 0.25) is 0 Å². The average molecular weight is 314 g/mol. The van der Waals surface area contributed by atoms with Gasteiger partial charge in [0.15, 0.2) is 5.96 Å². The Balaban J connectivity index is 1.54. The molecule has 5 nitrogen and oxygen atoms in total. The Labute approximate surface area is 138 Å². The van der Waals surface area contributed by atoms with E-state index in [0.717, 1.165) is 37.2 Å². The van der Waals surface area contributed by atoms with Crippen LogP contribution in [0.25, 0.3) is 0 Å².